The molecule has 0 radical (unpaired) electrons. The van der Waals surface area contributed by atoms with Crippen molar-refractivity contribution in [3.63, 3.8) is 0 Å². The molecule has 0 amide bonds. The van der Waals surface area contributed by atoms with Crippen molar-refractivity contribution in [3.05, 3.63) is 63.9 Å². The molecule has 152 valence electrons. The molecule has 3 aromatic rings. The molecule has 0 aliphatic rings. The first-order valence-corrected chi connectivity index (χ1v) is 11.0. The average Bonchev–Trinajstić information content (AvgIpc) is 3.13. The van der Waals surface area contributed by atoms with E-state index in [0.717, 1.165) is 39.6 Å². The maximum absolute atomic E-state index is 5.49. The minimum atomic E-state index is 0.646. The van der Waals surface area contributed by atoms with Crippen molar-refractivity contribution >= 4 is 33.9 Å². The van der Waals surface area contributed by atoms with E-state index in [-0.39, 0.29) is 0 Å². The Morgan fingerprint density at radius 2 is 1.90 bits per heavy atom. The molecule has 0 aliphatic heterocycles. The van der Waals surface area contributed by atoms with E-state index in [1.54, 1.807) is 32.2 Å². The highest BCUT2D eigenvalue weighted by Gasteiger charge is 2.13. The summed E-state index contributed by atoms with van der Waals surface area (Å²) in [6, 6.07) is 14.0. The summed E-state index contributed by atoms with van der Waals surface area (Å²) in [5.41, 5.74) is 2.04. The van der Waals surface area contributed by atoms with Gasteiger partial charge in [-0.25, -0.2) is 0 Å². The van der Waals surface area contributed by atoms with E-state index < -0.39 is 0 Å². The molecule has 1 heterocycles. The largest absolute Gasteiger partial charge is 0.493 e. The molecule has 0 N–H and O–H groups in total. The summed E-state index contributed by atoms with van der Waals surface area (Å²) in [6.07, 6.45) is 3.53. The second-order valence-electron chi connectivity index (χ2n) is 6.20. The Labute approximate surface area is 183 Å². The monoisotopic (exact) mass is 474 g/mol. The Morgan fingerprint density at radius 1 is 1.10 bits per heavy atom. The van der Waals surface area contributed by atoms with Crippen LogP contribution in [0.25, 0.3) is 0 Å². The molecule has 0 saturated heterocycles. The second kappa shape index (κ2) is 10.5. The SMILES string of the molecule is CCCc1nnc(SCc2ccc(Br)cc2)n1/N=C\c1cccc(OC)c1OC. The Kier molecular flexibility index (Phi) is 7.71. The molecule has 0 aliphatic carbocycles. The van der Waals surface area contributed by atoms with Gasteiger partial charge in [-0.05, 0) is 36.2 Å². The predicted octanol–water partition coefficient (Wildman–Crippen LogP) is 5.18. The molecule has 0 saturated carbocycles. The van der Waals surface area contributed by atoms with Gasteiger partial charge in [0.25, 0.3) is 0 Å². The molecule has 0 fully saturated rings. The number of halogens is 1. The van der Waals surface area contributed by atoms with Gasteiger partial charge in [-0.1, -0.05) is 52.8 Å². The fraction of sp³-hybridized carbons (Fsp3) is 0.286. The molecule has 0 atom stereocenters. The van der Waals surface area contributed by atoms with E-state index in [1.165, 1.54) is 5.56 Å². The third kappa shape index (κ3) is 5.39. The van der Waals surface area contributed by atoms with Gasteiger partial charge < -0.3 is 9.47 Å². The quantitative estimate of drug-likeness (QED) is 0.315. The number of benzene rings is 2. The van der Waals surface area contributed by atoms with Crippen molar-refractivity contribution in [2.24, 2.45) is 5.10 Å². The van der Waals surface area contributed by atoms with Crippen molar-refractivity contribution in [3.8, 4) is 11.5 Å². The molecule has 0 bridgehead atoms. The number of rotatable bonds is 9. The minimum absolute atomic E-state index is 0.646. The molecule has 3 rings (SSSR count). The lowest BCUT2D eigenvalue weighted by molar-refractivity contribution is 0.354. The van der Waals surface area contributed by atoms with Crippen molar-refractivity contribution in [2.75, 3.05) is 14.2 Å². The number of methoxy groups -OCH3 is 2. The van der Waals surface area contributed by atoms with E-state index in [2.05, 4.69) is 50.3 Å². The van der Waals surface area contributed by atoms with Crippen LogP contribution in [0.1, 0.15) is 30.3 Å². The van der Waals surface area contributed by atoms with Gasteiger partial charge in [0.05, 0.1) is 20.4 Å². The smallest absolute Gasteiger partial charge is 0.212 e. The summed E-state index contributed by atoms with van der Waals surface area (Å²) >= 11 is 5.08. The van der Waals surface area contributed by atoms with Crippen molar-refractivity contribution in [1.82, 2.24) is 14.9 Å². The van der Waals surface area contributed by atoms with Crippen LogP contribution in [0, 0.1) is 0 Å². The predicted molar refractivity (Wildman–Crippen MR) is 120 cm³/mol. The maximum atomic E-state index is 5.49. The van der Waals surface area contributed by atoms with Gasteiger partial charge in [-0.2, -0.15) is 9.78 Å². The van der Waals surface area contributed by atoms with Crippen LogP contribution in [-0.4, -0.2) is 35.3 Å². The van der Waals surface area contributed by atoms with Crippen LogP contribution in [0.15, 0.2) is 57.2 Å². The van der Waals surface area contributed by atoms with Crippen molar-refractivity contribution < 1.29 is 9.47 Å². The van der Waals surface area contributed by atoms with Crippen molar-refractivity contribution in [1.29, 1.82) is 0 Å². The summed E-state index contributed by atoms with van der Waals surface area (Å²) in [7, 11) is 3.24. The lowest BCUT2D eigenvalue weighted by atomic mass is 10.2. The summed E-state index contributed by atoms with van der Waals surface area (Å²) in [6.45, 7) is 2.11. The first kappa shape index (κ1) is 21.4. The zero-order valence-electron chi connectivity index (χ0n) is 16.6. The number of para-hydroxylation sites is 1. The normalized spacial score (nSPS) is 11.2. The number of thioether (sulfide) groups is 1. The van der Waals surface area contributed by atoms with E-state index in [0.29, 0.717) is 11.5 Å². The number of aromatic nitrogens is 3. The zero-order valence-corrected chi connectivity index (χ0v) is 19.0. The fourth-order valence-electron chi connectivity index (χ4n) is 2.74. The van der Waals surface area contributed by atoms with E-state index in [9.17, 15) is 0 Å². The Bertz CT molecular complexity index is 973. The third-order valence-corrected chi connectivity index (χ3v) is 5.70. The molecular weight excluding hydrogens is 452 g/mol. The van der Waals surface area contributed by atoms with Crippen LogP contribution in [0.2, 0.25) is 0 Å². The summed E-state index contributed by atoms with van der Waals surface area (Å²) in [5, 5.41) is 14.1. The summed E-state index contributed by atoms with van der Waals surface area (Å²) in [5.74, 6) is 2.94. The van der Waals surface area contributed by atoms with Gasteiger partial charge in [0.2, 0.25) is 5.16 Å². The Morgan fingerprint density at radius 3 is 2.59 bits per heavy atom. The summed E-state index contributed by atoms with van der Waals surface area (Å²) in [4.78, 5) is 0. The van der Waals surface area contributed by atoms with Crippen LogP contribution in [0.4, 0.5) is 0 Å². The minimum Gasteiger partial charge on any atom is -0.493 e. The number of hydrogen-bond acceptors (Lipinski definition) is 6. The Hall–Kier alpha value is -2.32. The maximum Gasteiger partial charge on any atom is 0.212 e. The highest BCUT2D eigenvalue weighted by molar-refractivity contribution is 9.10. The van der Waals surface area contributed by atoms with Gasteiger partial charge in [-0.3, -0.25) is 0 Å². The van der Waals surface area contributed by atoms with Crippen LogP contribution in [0.3, 0.4) is 0 Å². The van der Waals surface area contributed by atoms with Gasteiger partial charge in [-0.15, -0.1) is 10.2 Å². The number of ether oxygens (including phenoxy) is 2. The fourth-order valence-corrected chi connectivity index (χ4v) is 3.87. The lowest BCUT2D eigenvalue weighted by Gasteiger charge is -2.10. The van der Waals surface area contributed by atoms with Crippen molar-refractivity contribution in [2.45, 2.75) is 30.7 Å². The van der Waals surface area contributed by atoms with Crippen LogP contribution < -0.4 is 9.47 Å². The van der Waals surface area contributed by atoms with Gasteiger partial charge in [0, 0.05) is 22.2 Å². The van der Waals surface area contributed by atoms with Crippen LogP contribution >= 0.6 is 27.7 Å². The van der Waals surface area contributed by atoms with E-state index in [1.807, 2.05) is 35.0 Å². The molecule has 1 aromatic heterocycles. The topological polar surface area (TPSA) is 61.5 Å². The molecular formula is C21H23BrN4O2S. The van der Waals surface area contributed by atoms with Gasteiger partial charge in [0.1, 0.15) is 0 Å². The number of hydrogen-bond donors (Lipinski definition) is 0. The zero-order chi connectivity index (χ0) is 20.6. The van der Waals surface area contributed by atoms with E-state index in [4.69, 9.17) is 9.47 Å². The highest BCUT2D eigenvalue weighted by Crippen LogP contribution is 2.30. The average molecular weight is 475 g/mol. The molecule has 0 unspecified atom stereocenters. The highest BCUT2D eigenvalue weighted by atomic mass is 79.9. The molecule has 0 spiro atoms. The molecule has 2 aromatic carbocycles. The van der Waals surface area contributed by atoms with E-state index >= 15 is 0 Å². The lowest BCUT2D eigenvalue weighted by Crippen LogP contribution is -2.01. The second-order valence-corrected chi connectivity index (χ2v) is 8.06. The van der Waals surface area contributed by atoms with Gasteiger partial charge in [0.15, 0.2) is 17.3 Å². The number of nitrogens with zero attached hydrogens (tertiary/aromatic N) is 4. The molecule has 8 heteroatoms. The van der Waals surface area contributed by atoms with Crippen LogP contribution in [-0.2, 0) is 12.2 Å². The van der Waals surface area contributed by atoms with Gasteiger partial charge >= 0.3 is 0 Å². The third-order valence-electron chi connectivity index (χ3n) is 4.18. The summed E-state index contributed by atoms with van der Waals surface area (Å²) < 4.78 is 13.7. The molecule has 29 heavy (non-hydrogen) atoms. The molecule has 6 nitrogen and oxygen atoms in total. The number of aryl methyl sites for hydroxylation is 1. The van der Waals surface area contributed by atoms with Crippen LogP contribution in [0.5, 0.6) is 11.5 Å². The first-order valence-electron chi connectivity index (χ1n) is 9.23. The standard InChI is InChI=1S/C21H23BrN4O2S/c1-4-6-19-24-25-21(29-14-15-9-11-17(22)12-10-15)26(19)23-13-16-7-5-8-18(27-2)20(16)28-3/h5,7-13H,4,6,14H2,1-3H3/b23-13-. The Balaban J connectivity index is 1.86. The first-order chi connectivity index (χ1) is 14.2.